The number of hydrogen-bond acceptors (Lipinski definition) is 3. The van der Waals surface area contributed by atoms with Crippen LogP contribution in [0.25, 0.3) is 0 Å². The van der Waals surface area contributed by atoms with Gasteiger partial charge in [0.2, 0.25) is 5.91 Å². The van der Waals surface area contributed by atoms with Crippen molar-refractivity contribution < 1.29 is 18.7 Å². The quantitative estimate of drug-likeness (QED) is 0.793. The van der Waals surface area contributed by atoms with Crippen molar-refractivity contribution in [2.45, 2.75) is 13.3 Å². The van der Waals surface area contributed by atoms with Crippen molar-refractivity contribution in [3.05, 3.63) is 58.9 Å². The number of carbonyl (C=O) groups is 2. The number of anilines is 1. The minimum absolute atomic E-state index is 0.0909. The minimum atomic E-state index is -0.567. The van der Waals surface area contributed by atoms with E-state index in [4.69, 9.17) is 16.3 Å². The first-order valence-electron chi connectivity index (χ1n) is 7.72. The zero-order chi connectivity index (χ0) is 18.2. The molecule has 25 heavy (non-hydrogen) atoms. The fourth-order valence-corrected chi connectivity index (χ4v) is 2.26. The molecule has 2 aromatic rings. The summed E-state index contributed by atoms with van der Waals surface area (Å²) in [5.41, 5.74) is 1.74. The van der Waals surface area contributed by atoms with Gasteiger partial charge in [0.15, 0.2) is 6.61 Å². The molecular formula is C18H18ClFN2O3. The Morgan fingerprint density at radius 2 is 1.92 bits per heavy atom. The van der Waals surface area contributed by atoms with Gasteiger partial charge in [-0.3, -0.25) is 9.59 Å². The number of hydrogen-bond donors (Lipinski definition) is 2. The summed E-state index contributed by atoms with van der Waals surface area (Å²) in [5.74, 6) is -1.11. The van der Waals surface area contributed by atoms with E-state index in [1.807, 2.05) is 25.1 Å². The molecule has 132 valence electrons. The Bertz CT molecular complexity index is 768. The topological polar surface area (TPSA) is 67.4 Å². The van der Waals surface area contributed by atoms with Gasteiger partial charge in [-0.2, -0.15) is 0 Å². The maximum Gasteiger partial charge on any atom is 0.258 e. The highest BCUT2D eigenvalue weighted by molar-refractivity contribution is 6.30. The van der Waals surface area contributed by atoms with E-state index in [9.17, 15) is 14.0 Å². The van der Waals surface area contributed by atoms with E-state index >= 15 is 0 Å². The van der Waals surface area contributed by atoms with Crippen LogP contribution in [-0.2, 0) is 16.0 Å². The Labute approximate surface area is 150 Å². The predicted molar refractivity (Wildman–Crippen MR) is 94.4 cm³/mol. The number of nitrogens with one attached hydrogen (secondary N) is 2. The molecule has 2 amide bonds. The van der Waals surface area contributed by atoms with Crippen LogP contribution in [0.3, 0.4) is 0 Å². The SMILES string of the molecule is CCc1ccccc1NC(=O)CNC(=O)COc1ccc(F)c(Cl)c1. The third kappa shape index (κ3) is 5.76. The Kier molecular flexibility index (Phi) is 6.77. The molecule has 0 bridgehead atoms. The molecule has 0 radical (unpaired) electrons. The fraction of sp³-hybridized carbons (Fsp3) is 0.222. The fourth-order valence-electron chi connectivity index (χ4n) is 2.09. The maximum absolute atomic E-state index is 13.0. The first-order valence-corrected chi connectivity index (χ1v) is 8.09. The Balaban J connectivity index is 1.77. The number of amides is 2. The van der Waals surface area contributed by atoms with Crippen molar-refractivity contribution in [3.63, 3.8) is 0 Å². The number of benzene rings is 2. The molecule has 0 unspecified atom stereocenters. The number of para-hydroxylation sites is 1. The van der Waals surface area contributed by atoms with E-state index in [1.54, 1.807) is 6.07 Å². The Morgan fingerprint density at radius 3 is 2.64 bits per heavy atom. The molecule has 2 rings (SSSR count). The summed E-state index contributed by atoms with van der Waals surface area (Å²) in [7, 11) is 0. The molecule has 5 nitrogen and oxygen atoms in total. The summed E-state index contributed by atoms with van der Waals surface area (Å²) in [6.45, 7) is 1.51. The molecule has 7 heteroatoms. The lowest BCUT2D eigenvalue weighted by Gasteiger charge is -2.11. The molecule has 0 spiro atoms. The molecule has 0 fully saturated rings. The van der Waals surface area contributed by atoms with Gasteiger partial charge in [-0.15, -0.1) is 0 Å². The van der Waals surface area contributed by atoms with Gasteiger partial charge in [0.25, 0.3) is 5.91 Å². The van der Waals surface area contributed by atoms with Gasteiger partial charge in [0.05, 0.1) is 11.6 Å². The first-order chi connectivity index (χ1) is 12.0. The Hall–Kier alpha value is -2.60. The largest absolute Gasteiger partial charge is 0.484 e. The van der Waals surface area contributed by atoms with Crippen LogP contribution >= 0.6 is 11.6 Å². The van der Waals surface area contributed by atoms with Crippen molar-refractivity contribution in [2.75, 3.05) is 18.5 Å². The summed E-state index contributed by atoms with van der Waals surface area (Å²) in [5, 5.41) is 5.11. The number of carbonyl (C=O) groups excluding carboxylic acids is 2. The zero-order valence-corrected chi connectivity index (χ0v) is 14.4. The summed E-state index contributed by atoms with van der Waals surface area (Å²) in [6.07, 6.45) is 0.789. The number of ether oxygens (including phenoxy) is 1. The standard InChI is InChI=1S/C18H18ClFN2O3/c1-2-12-5-3-4-6-16(12)22-17(23)10-21-18(24)11-25-13-7-8-15(20)14(19)9-13/h3-9H,2,10-11H2,1H3,(H,21,24)(H,22,23). The molecule has 0 heterocycles. The van der Waals surface area contributed by atoms with E-state index in [-0.39, 0.29) is 29.8 Å². The zero-order valence-electron chi connectivity index (χ0n) is 13.6. The molecule has 0 saturated carbocycles. The molecular weight excluding hydrogens is 347 g/mol. The second-order valence-corrected chi connectivity index (χ2v) is 5.61. The van der Waals surface area contributed by atoms with E-state index in [2.05, 4.69) is 10.6 Å². The number of rotatable bonds is 7. The number of aryl methyl sites for hydroxylation is 1. The summed E-state index contributed by atoms with van der Waals surface area (Å²) in [4.78, 5) is 23.6. The van der Waals surface area contributed by atoms with Crippen LogP contribution in [0.1, 0.15) is 12.5 Å². The molecule has 0 aliphatic carbocycles. The Morgan fingerprint density at radius 1 is 1.16 bits per heavy atom. The van der Waals surface area contributed by atoms with Crippen molar-refractivity contribution in [1.82, 2.24) is 5.32 Å². The van der Waals surface area contributed by atoms with Gasteiger partial charge < -0.3 is 15.4 Å². The van der Waals surface area contributed by atoms with Crippen LogP contribution in [0.2, 0.25) is 5.02 Å². The first kappa shape index (κ1) is 18.7. The highest BCUT2D eigenvalue weighted by atomic mass is 35.5. The van der Waals surface area contributed by atoms with Crippen molar-refractivity contribution in [2.24, 2.45) is 0 Å². The summed E-state index contributed by atoms with van der Waals surface area (Å²) >= 11 is 5.63. The smallest absolute Gasteiger partial charge is 0.258 e. The lowest BCUT2D eigenvalue weighted by Crippen LogP contribution is -2.35. The summed E-state index contributed by atoms with van der Waals surface area (Å²) in [6, 6.07) is 11.2. The van der Waals surface area contributed by atoms with Crippen LogP contribution in [0.4, 0.5) is 10.1 Å². The minimum Gasteiger partial charge on any atom is -0.484 e. The molecule has 0 aromatic heterocycles. The van der Waals surface area contributed by atoms with Crippen molar-refractivity contribution in [1.29, 1.82) is 0 Å². The monoisotopic (exact) mass is 364 g/mol. The molecule has 2 aromatic carbocycles. The lowest BCUT2D eigenvalue weighted by atomic mass is 10.1. The van der Waals surface area contributed by atoms with Gasteiger partial charge in [-0.25, -0.2) is 4.39 Å². The second kappa shape index (κ2) is 9.03. The van der Waals surface area contributed by atoms with Crippen LogP contribution in [0, 0.1) is 5.82 Å². The normalized spacial score (nSPS) is 10.2. The lowest BCUT2D eigenvalue weighted by molar-refractivity contribution is -0.125. The molecule has 2 N–H and O–H groups in total. The van der Waals surface area contributed by atoms with Gasteiger partial charge in [0, 0.05) is 11.8 Å². The maximum atomic E-state index is 13.0. The third-order valence-corrected chi connectivity index (χ3v) is 3.67. The number of halogens is 2. The van der Waals surface area contributed by atoms with Crippen LogP contribution < -0.4 is 15.4 Å². The van der Waals surface area contributed by atoms with E-state index in [1.165, 1.54) is 12.1 Å². The molecule has 0 aliphatic rings. The van der Waals surface area contributed by atoms with Crippen LogP contribution in [-0.4, -0.2) is 25.0 Å². The average Bonchev–Trinajstić information content (AvgIpc) is 2.61. The average molecular weight is 365 g/mol. The third-order valence-electron chi connectivity index (χ3n) is 3.38. The highest BCUT2D eigenvalue weighted by Crippen LogP contribution is 2.20. The van der Waals surface area contributed by atoms with Gasteiger partial charge in [-0.1, -0.05) is 36.7 Å². The molecule has 0 aliphatic heterocycles. The van der Waals surface area contributed by atoms with Gasteiger partial charge in [0.1, 0.15) is 11.6 Å². The summed E-state index contributed by atoms with van der Waals surface area (Å²) < 4.78 is 18.2. The van der Waals surface area contributed by atoms with Crippen LogP contribution in [0.5, 0.6) is 5.75 Å². The molecule has 0 saturated heterocycles. The van der Waals surface area contributed by atoms with E-state index in [0.717, 1.165) is 23.7 Å². The van der Waals surface area contributed by atoms with E-state index < -0.39 is 11.7 Å². The van der Waals surface area contributed by atoms with Gasteiger partial charge >= 0.3 is 0 Å². The van der Waals surface area contributed by atoms with E-state index in [0.29, 0.717) is 0 Å². The molecule has 0 atom stereocenters. The highest BCUT2D eigenvalue weighted by Gasteiger charge is 2.09. The van der Waals surface area contributed by atoms with Crippen molar-refractivity contribution >= 4 is 29.1 Å². The predicted octanol–water partition coefficient (Wildman–Crippen LogP) is 3.18. The van der Waals surface area contributed by atoms with Crippen molar-refractivity contribution in [3.8, 4) is 5.75 Å². The second-order valence-electron chi connectivity index (χ2n) is 5.20. The van der Waals surface area contributed by atoms with Crippen LogP contribution in [0.15, 0.2) is 42.5 Å². The van der Waals surface area contributed by atoms with Gasteiger partial charge in [-0.05, 0) is 30.2 Å².